The minimum absolute atomic E-state index is 0.106. The number of ether oxygens (including phenoxy) is 1. The number of urea groups is 1. The number of carbonyl (C=O) groups excluding carboxylic acids is 1. The van der Waals surface area contributed by atoms with Crippen LogP contribution in [-0.2, 0) is 11.2 Å². The number of nitrogens with one attached hydrogen (secondary N) is 2. The van der Waals surface area contributed by atoms with Gasteiger partial charge in [0, 0.05) is 19.2 Å². The second-order valence-corrected chi connectivity index (χ2v) is 6.60. The van der Waals surface area contributed by atoms with E-state index < -0.39 is 0 Å². The summed E-state index contributed by atoms with van der Waals surface area (Å²) in [6.45, 7) is 1.34. The molecule has 1 saturated carbocycles. The predicted molar refractivity (Wildman–Crippen MR) is 86.7 cm³/mol. The highest BCUT2D eigenvalue weighted by molar-refractivity contribution is 5.74. The molecule has 2 amide bonds. The van der Waals surface area contributed by atoms with Crippen molar-refractivity contribution in [2.75, 3.05) is 13.2 Å². The van der Waals surface area contributed by atoms with Crippen LogP contribution < -0.4 is 10.6 Å². The summed E-state index contributed by atoms with van der Waals surface area (Å²) in [4.78, 5) is 11.9. The highest BCUT2D eigenvalue weighted by atomic mass is 19.1. The Morgan fingerprint density at radius 3 is 2.96 bits per heavy atom. The highest BCUT2D eigenvalue weighted by Gasteiger charge is 2.36. The van der Waals surface area contributed by atoms with Crippen LogP contribution in [0.1, 0.15) is 37.7 Å². The van der Waals surface area contributed by atoms with E-state index in [0.717, 1.165) is 37.9 Å². The third kappa shape index (κ3) is 5.20. The molecule has 1 aromatic rings. The Labute approximate surface area is 136 Å². The summed E-state index contributed by atoms with van der Waals surface area (Å²) in [5, 5.41) is 5.94. The fourth-order valence-corrected chi connectivity index (χ4v) is 3.18. The zero-order chi connectivity index (χ0) is 16.1. The Hall–Kier alpha value is -1.62. The van der Waals surface area contributed by atoms with Gasteiger partial charge in [-0.25, -0.2) is 9.18 Å². The molecular formula is C18H25FN2O2. The molecule has 0 radical (unpaired) electrons. The summed E-state index contributed by atoms with van der Waals surface area (Å²) >= 11 is 0. The first-order valence-corrected chi connectivity index (χ1v) is 8.61. The number of amides is 2. The van der Waals surface area contributed by atoms with Crippen molar-refractivity contribution in [1.82, 2.24) is 10.6 Å². The van der Waals surface area contributed by atoms with Crippen molar-refractivity contribution in [3.05, 3.63) is 35.6 Å². The van der Waals surface area contributed by atoms with Gasteiger partial charge in [0.1, 0.15) is 5.82 Å². The third-order valence-corrected chi connectivity index (χ3v) is 4.61. The minimum Gasteiger partial charge on any atom is -0.378 e. The predicted octanol–water partition coefficient (Wildman–Crippen LogP) is 3.02. The molecule has 1 aliphatic carbocycles. The molecule has 0 aromatic heterocycles. The topological polar surface area (TPSA) is 50.4 Å². The Morgan fingerprint density at radius 1 is 1.30 bits per heavy atom. The average Bonchev–Trinajstić information content (AvgIpc) is 3.37. The van der Waals surface area contributed by atoms with E-state index in [0.29, 0.717) is 18.6 Å². The van der Waals surface area contributed by atoms with E-state index in [-0.39, 0.29) is 17.9 Å². The molecule has 1 aliphatic heterocycles. The maximum atomic E-state index is 13.1. The Balaban J connectivity index is 1.31. The van der Waals surface area contributed by atoms with Crippen LogP contribution in [0.4, 0.5) is 9.18 Å². The van der Waals surface area contributed by atoms with Crippen LogP contribution in [0.25, 0.3) is 0 Å². The van der Waals surface area contributed by atoms with Crippen LogP contribution in [0.2, 0.25) is 0 Å². The molecule has 1 aromatic carbocycles. The van der Waals surface area contributed by atoms with Crippen molar-refractivity contribution in [1.29, 1.82) is 0 Å². The molecule has 2 N–H and O–H groups in total. The third-order valence-electron chi connectivity index (χ3n) is 4.61. The molecule has 2 aliphatic rings. The largest absolute Gasteiger partial charge is 0.378 e. The van der Waals surface area contributed by atoms with E-state index in [4.69, 9.17) is 4.74 Å². The summed E-state index contributed by atoms with van der Waals surface area (Å²) in [5.41, 5.74) is 0.962. The molecule has 3 rings (SSSR count). The number of hydrogen-bond acceptors (Lipinski definition) is 2. The number of hydrogen-bond donors (Lipinski definition) is 2. The van der Waals surface area contributed by atoms with Crippen molar-refractivity contribution >= 4 is 6.03 Å². The second-order valence-electron chi connectivity index (χ2n) is 6.60. The molecule has 0 spiro atoms. The normalized spacial score (nSPS) is 24.2. The monoisotopic (exact) mass is 320 g/mol. The molecule has 126 valence electrons. The van der Waals surface area contributed by atoms with Crippen LogP contribution >= 0.6 is 0 Å². The molecule has 4 nitrogen and oxygen atoms in total. The van der Waals surface area contributed by atoms with Crippen LogP contribution in [0.5, 0.6) is 0 Å². The maximum absolute atomic E-state index is 13.1. The first-order valence-electron chi connectivity index (χ1n) is 8.61. The quantitative estimate of drug-likeness (QED) is 0.792. The van der Waals surface area contributed by atoms with Gasteiger partial charge in [-0.1, -0.05) is 12.1 Å². The Kier molecular flexibility index (Phi) is 5.49. The number of benzene rings is 1. The molecule has 5 heteroatoms. The number of carbonyl (C=O) groups is 1. The summed E-state index contributed by atoms with van der Waals surface area (Å²) in [6.07, 6.45) is 6.25. The summed E-state index contributed by atoms with van der Waals surface area (Å²) in [6, 6.07) is 6.72. The second kappa shape index (κ2) is 7.77. The summed E-state index contributed by atoms with van der Waals surface area (Å²) < 4.78 is 18.8. The first kappa shape index (κ1) is 16.2. The smallest absolute Gasteiger partial charge is 0.315 e. The van der Waals surface area contributed by atoms with Crippen molar-refractivity contribution in [3.8, 4) is 0 Å². The Bertz CT molecular complexity index is 534. The zero-order valence-corrected chi connectivity index (χ0v) is 13.4. The van der Waals surface area contributed by atoms with E-state index in [1.54, 1.807) is 12.1 Å². The fourth-order valence-electron chi connectivity index (χ4n) is 3.18. The van der Waals surface area contributed by atoms with Crippen LogP contribution in [-0.4, -0.2) is 31.3 Å². The Morgan fingerprint density at radius 2 is 2.17 bits per heavy atom. The van der Waals surface area contributed by atoms with Gasteiger partial charge in [0.2, 0.25) is 0 Å². The fraction of sp³-hybridized carbons (Fsp3) is 0.611. The van der Waals surface area contributed by atoms with E-state index in [1.165, 1.54) is 18.9 Å². The lowest BCUT2D eigenvalue weighted by molar-refractivity contribution is -0.00913. The maximum Gasteiger partial charge on any atom is 0.315 e. The lowest BCUT2D eigenvalue weighted by Crippen LogP contribution is -2.46. The molecule has 2 atom stereocenters. The first-order chi connectivity index (χ1) is 11.2. The van der Waals surface area contributed by atoms with Crippen molar-refractivity contribution in [3.63, 3.8) is 0 Å². The molecule has 1 heterocycles. The molecule has 0 unspecified atom stereocenters. The lowest BCUT2D eigenvalue weighted by atomic mass is 10.0. The standard InChI is InChI=1S/C18H25FN2O2/c19-15-5-1-3-13(11-15)4-2-9-20-18(22)21-16-8-10-23-17(12-16)14-6-7-14/h1,3,5,11,14,16-17H,2,4,6-10,12H2,(H2,20,21,22)/t16-,17-/m1/s1. The van der Waals surface area contributed by atoms with E-state index in [9.17, 15) is 9.18 Å². The van der Waals surface area contributed by atoms with E-state index >= 15 is 0 Å². The summed E-state index contributed by atoms with van der Waals surface area (Å²) in [7, 11) is 0. The average molecular weight is 320 g/mol. The molecule has 0 bridgehead atoms. The van der Waals surface area contributed by atoms with Gasteiger partial charge < -0.3 is 15.4 Å². The van der Waals surface area contributed by atoms with Gasteiger partial charge >= 0.3 is 6.03 Å². The number of aryl methyl sites for hydroxylation is 1. The molecular weight excluding hydrogens is 295 g/mol. The molecule has 2 fully saturated rings. The van der Waals surface area contributed by atoms with E-state index in [1.807, 2.05) is 6.07 Å². The van der Waals surface area contributed by atoms with Gasteiger partial charge in [-0.2, -0.15) is 0 Å². The highest BCUT2D eigenvalue weighted by Crippen LogP contribution is 2.38. The zero-order valence-electron chi connectivity index (χ0n) is 13.4. The van der Waals surface area contributed by atoms with Gasteiger partial charge in [-0.05, 0) is 62.1 Å². The van der Waals surface area contributed by atoms with Crippen molar-refractivity contribution in [2.24, 2.45) is 5.92 Å². The molecule has 23 heavy (non-hydrogen) atoms. The van der Waals surface area contributed by atoms with E-state index in [2.05, 4.69) is 10.6 Å². The summed E-state index contributed by atoms with van der Waals surface area (Å²) in [5.74, 6) is 0.506. The number of rotatable bonds is 6. The van der Waals surface area contributed by atoms with Gasteiger partial charge in [0.15, 0.2) is 0 Å². The van der Waals surface area contributed by atoms with Gasteiger partial charge in [0.25, 0.3) is 0 Å². The van der Waals surface area contributed by atoms with Gasteiger partial charge in [-0.15, -0.1) is 0 Å². The van der Waals surface area contributed by atoms with Crippen molar-refractivity contribution < 1.29 is 13.9 Å². The van der Waals surface area contributed by atoms with Crippen LogP contribution in [0, 0.1) is 11.7 Å². The van der Waals surface area contributed by atoms with Gasteiger partial charge in [0.05, 0.1) is 6.10 Å². The van der Waals surface area contributed by atoms with Crippen molar-refractivity contribution in [2.45, 2.75) is 50.7 Å². The minimum atomic E-state index is -0.210. The SMILES string of the molecule is O=C(NCCCc1cccc(F)c1)N[C@@H]1CCO[C@@H](C2CC2)C1. The molecule has 1 saturated heterocycles. The van der Waals surface area contributed by atoms with Crippen LogP contribution in [0.15, 0.2) is 24.3 Å². The van der Waals surface area contributed by atoms with Crippen LogP contribution in [0.3, 0.4) is 0 Å². The number of halogens is 1. The lowest BCUT2D eigenvalue weighted by Gasteiger charge is -2.30. The van der Waals surface area contributed by atoms with Gasteiger partial charge in [-0.3, -0.25) is 0 Å².